The molecule has 0 aliphatic carbocycles. The van der Waals surface area contributed by atoms with E-state index in [0.29, 0.717) is 5.39 Å². The van der Waals surface area contributed by atoms with E-state index in [1.807, 2.05) is 27.7 Å². The fourth-order valence-corrected chi connectivity index (χ4v) is 5.15. The maximum absolute atomic E-state index is 11.9. The molecule has 0 saturated carbocycles. The molecular formula is C17H20KNO6S2. The van der Waals surface area contributed by atoms with Crippen LogP contribution in [0.3, 0.4) is 0 Å². The summed E-state index contributed by atoms with van der Waals surface area (Å²) in [6.07, 6.45) is 0. The SMILES string of the molecule is CC[NH+]1c2c(cc(S(=O)(=O)[O-])c3cc(S(=O)(=O)[O-])ccc23)C(C)(C)C1C.[K+]. The van der Waals surface area contributed by atoms with Crippen molar-refractivity contribution < 1.29 is 82.2 Å². The van der Waals surface area contributed by atoms with Gasteiger partial charge >= 0.3 is 51.4 Å². The Kier molecular flexibility index (Phi) is 6.43. The van der Waals surface area contributed by atoms with E-state index >= 15 is 0 Å². The van der Waals surface area contributed by atoms with Crippen molar-refractivity contribution in [1.29, 1.82) is 0 Å². The summed E-state index contributed by atoms with van der Waals surface area (Å²) in [7, 11) is -9.64. The largest absolute Gasteiger partial charge is 1.00 e. The third kappa shape index (κ3) is 3.81. The molecule has 1 heterocycles. The standard InChI is InChI=1S/C17H21NO6S2.K/c1-5-18-10(2)17(3,4)14-9-15(26(22,23)24)13-8-11(25(19,20)21)6-7-12(13)16(14)18;/h6-10H,5H2,1-4H3,(H,19,20,21)(H,22,23,24);/q;+1/p-1. The molecule has 0 aromatic heterocycles. The monoisotopic (exact) mass is 437 g/mol. The summed E-state index contributed by atoms with van der Waals surface area (Å²) in [5, 5.41) is 0.463. The normalized spacial score (nSPS) is 21.7. The Morgan fingerprint density at radius 3 is 2.11 bits per heavy atom. The van der Waals surface area contributed by atoms with Crippen molar-refractivity contribution in [3.8, 4) is 0 Å². The van der Waals surface area contributed by atoms with Gasteiger partial charge in [0.25, 0.3) is 0 Å². The van der Waals surface area contributed by atoms with Crippen LogP contribution in [-0.4, -0.2) is 38.5 Å². The molecule has 27 heavy (non-hydrogen) atoms. The van der Waals surface area contributed by atoms with E-state index in [2.05, 4.69) is 0 Å². The number of quaternary nitrogens is 1. The maximum atomic E-state index is 11.9. The molecule has 2 aromatic carbocycles. The first-order chi connectivity index (χ1) is 11.8. The number of nitrogens with one attached hydrogen (secondary N) is 1. The zero-order valence-corrected chi connectivity index (χ0v) is 20.6. The summed E-state index contributed by atoms with van der Waals surface area (Å²) in [5.41, 5.74) is 1.22. The molecule has 1 aliphatic heterocycles. The molecular weight excluding hydrogens is 417 g/mol. The van der Waals surface area contributed by atoms with Crippen LogP contribution in [0, 0.1) is 0 Å². The molecule has 142 valence electrons. The number of fused-ring (bicyclic) bond motifs is 3. The maximum Gasteiger partial charge on any atom is 1.00 e. The van der Waals surface area contributed by atoms with Crippen LogP contribution in [0.1, 0.15) is 33.3 Å². The number of hydrogen-bond donors (Lipinski definition) is 1. The molecule has 2 unspecified atom stereocenters. The van der Waals surface area contributed by atoms with Gasteiger partial charge in [0, 0.05) is 21.8 Å². The summed E-state index contributed by atoms with van der Waals surface area (Å²) in [6, 6.07) is 5.05. The van der Waals surface area contributed by atoms with Crippen LogP contribution in [0.2, 0.25) is 0 Å². The van der Waals surface area contributed by atoms with E-state index in [0.717, 1.165) is 34.8 Å². The van der Waals surface area contributed by atoms with Gasteiger partial charge in [-0.3, -0.25) is 4.90 Å². The molecule has 10 heteroatoms. The Morgan fingerprint density at radius 1 is 1.04 bits per heavy atom. The molecule has 0 bridgehead atoms. The van der Waals surface area contributed by atoms with Gasteiger partial charge in [-0.15, -0.1) is 0 Å². The van der Waals surface area contributed by atoms with Gasteiger partial charge in [-0.05, 0) is 52.0 Å². The Hall–Kier alpha value is 0.116. The van der Waals surface area contributed by atoms with Crippen molar-refractivity contribution in [3.63, 3.8) is 0 Å². The molecule has 0 radical (unpaired) electrons. The number of rotatable bonds is 3. The second kappa shape index (κ2) is 7.42. The number of benzene rings is 2. The second-order valence-corrected chi connectivity index (χ2v) is 9.96. The predicted molar refractivity (Wildman–Crippen MR) is 93.5 cm³/mol. The van der Waals surface area contributed by atoms with Crippen molar-refractivity contribution in [2.45, 2.75) is 48.9 Å². The molecule has 0 amide bonds. The van der Waals surface area contributed by atoms with E-state index in [9.17, 15) is 25.9 Å². The van der Waals surface area contributed by atoms with Gasteiger partial charge in [-0.2, -0.15) is 0 Å². The summed E-state index contributed by atoms with van der Waals surface area (Å²) in [6.45, 7) is 8.76. The van der Waals surface area contributed by atoms with Crippen LogP contribution in [0.4, 0.5) is 5.69 Å². The summed E-state index contributed by atoms with van der Waals surface area (Å²) in [4.78, 5) is 0.0650. The Morgan fingerprint density at radius 2 is 1.63 bits per heavy atom. The molecule has 0 fully saturated rings. The van der Waals surface area contributed by atoms with Crippen LogP contribution in [0.25, 0.3) is 10.8 Å². The third-order valence-corrected chi connectivity index (χ3v) is 7.34. The molecule has 1 aliphatic rings. The molecule has 0 saturated heterocycles. The van der Waals surface area contributed by atoms with Gasteiger partial charge in [-0.25, -0.2) is 16.8 Å². The van der Waals surface area contributed by atoms with Gasteiger partial charge in [0.15, 0.2) is 0 Å². The van der Waals surface area contributed by atoms with Crippen molar-refractivity contribution >= 4 is 36.7 Å². The van der Waals surface area contributed by atoms with E-state index < -0.39 is 30.0 Å². The quantitative estimate of drug-likeness (QED) is 0.433. The van der Waals surface area contributed by atoms with Crippen molar-refractivity contribution in [3.05, 3.63) is 29.8 Å². The average Bonchev–Trinajstić information content (AvgIpc) is 2.71. The zero-order valence-electron chi connectivity index (χ0n) is 15.9. The van der Waals surface area contributed by atoms with Crippen molar-refractivity contribution in [2.24, 2.45) is 0 Å². The third-order valence-electron chi connectivity index (χ3n) is 5.63. The minimum atomic E-state index is -4.86. The Labute approximate surface area is 202 Å². The van der Waals surface area contributed by atoms with Crippen LogP contribution < -0.4 is 56.3 Å². The van der Waals surface area contributed by atoms with Crippen molar-refractivity contribution in [1.82, 2.24) is 0 Å². The zero-order chi connectivity index (χ0) is 19.7. The van der Waals surface area contributed by atoms with Gasteiger partial charge in [0.05, 0.1) is 22.4 Å². The van der Waals surface area contributed by atoms with Crippen LogP contribution in [0.15, 0.2) is 34.1 Å². The predicted octanol–water partition coefficient (Wildman–Crippen LogP) is -2.13. The summed E-state index contributed by atoms with van der Waals surface area (Å²) in [5.74, 6) is 0. The van der Waals surface area contributed by atoms with Gasteiger partial charge in [0.1, 0.15) is 25.9 Å². The summed E-state index contributed by atoms with van der Waals surface area (Å²) >= 11 is 0. The van der Waals surface area contributed by atoms with Gasteiger partial charge in [0.2, 0.25) is 0 Å². The smallest absolute Gasteiger partial charge is 0.744 e. The Bertz CT molecular complexity index is 1130. The molecule has 1 N–H and O–H groups in total. The first-order valence-electron chi connectivity index (χ1n) is 8.19. The number of hydrogen-bond acceptors (Lipinski definition) is 6. The topological polar surface area (TPSA) is 119 Å². The second-order valence-electron chi connectivity index (χ2n) is 7.24. The molecule has 2 aromatic rings. The summed E-state index contributed by atoms with van der Waals surface area (Å²) < 4.78 is 69.7. The minimum Gasteiger partial charge on any atom is -0.744 e. The van der Waals surface area contributed by atoms with E-state index in [1.165, 1.54) is 12.1 Å². The molecule has 0 spiro atoms. The van der Waals surface area contributed by atoms with Crippen LogP contribution >= 0.6 is 0 Å². The molecule has 3 rings (SSSR count). The van der Waals surface area contributed by atoms with Crippen molar-refractivity contribution in [2.75, 3.05) is 6.54 Å². The van der Waals surface area contributed by atoms with Crippen LogP contribution in [0.5, 0.6) is 0 Å². The van der Waals surface area contributed by atoms with Crippen LogP contribution in [-0.2, 0) is 25.7 Å². The van der Waals surface area contributed by atoms with E-state index in [-0.39, 0.29) is 68.2 Å². The van der Waals surface area contributed by atoms with Gasteiger partial charge < -0.3 is 9.11 Å². The fourth-order valence-electron chi connectivity index (χ4n) is 3.96. The average molecular weight is 438 g/mol. The van der Waals surface area contributed by atoms with Gasteiger partial charge in [-0.1, -0.05) is 0 Å². The first kappa shape index (κ1) is 23.4. The van der Waals surface area contributed by atoms with E-state index in [1.54, 1.807) is 0 Å². The Balaban J connectivity index is 0.00000261. The first-order valence-corrected chi connectivity index (χ1v) is 11.0. The molecule has 7 nitrogen and oxygen atoms in total. The molecule has 2 atom stereocenters. The fraction of sp³-hybridized carbons (Fsp3) is 0.412. The van der Waals surface area contributed by atoms with E-state index in [4.69, 9.17) is 0 Å². The minimum absolute atomic E-state index is 0. The number of likely N-dealkylation sites (N-methyl/N-ethyl adjacent to an activating group) is 1.